The number of carbonyl (C=O) groups is 3. The lowest BCUT2D eigenvalue weighted by Crippen LogP contribution is -2.55. The molecule has 2 aromatic carbocycles. The number of piperidine rings is 1. The van der Waals surface area contributed by atoms with Crippen molar-refractivity contribution >= 4 is 29.5 Å². The van der Waals surface area contributed by atoms with Crippen LogP contribution in [0.1, 0.15) is 18.4 Å². The molecule has 2 aromatic rings. The summed E-state index contributed by atoms with van der Waals surface area (Å²) in [6, 6.07) is 17.1. The Labute approximate surface area is 211 Å². The lowest BCUT2D eigenvalue weighted by atomic mass is 9.94. The molecule has 0 aliphatic carbocycles. The quantitative estimate of drug-likeness (QED) is 0.617. The van der Waals surface area contributed by atoms with Gasteiger partial charge in [-0.15, -0.1) is 0 Å². The van der Waals surface area contributed by atoms with Crippen molar-refractivity contribution in [2.75, 3.05) is 50.8 Å². The topological polar surface area (TPSA) is 79.4 Å². The summed E-state index contributed by atoms with van der Waals surface area (Å²) < 4.78 is 11.4. The number of hydrogen-bond acceptors (Lipinski definition) is 5. The van der Waals surface area contributed by atoms with Gasteiger partial charge in [0.25, 0.3) is 5.91 Å². The number of nitrogens with zero attached hydrogens (tertiary/aromatic N) is 3. The van der Waals surface area contributed by atoms with Crippen LogP contribution in [0, 0.1) is 5.92 Å². The lowest BCUT2D eigenvalue weighted by Gasteiger charge is -2.39. The number of carbonyl (C=O) groups excluding carboxylic acids is 3. The molecule has 3 amide bonds. The normalized spacial score (nSPS) is 20.7. The first-order valence-electron chi connectivity index (χ1n) is 12.6. The van der Waals surface area contributed by atoms with Crippen molar-refractivity contribution in [2.45, 2.75) is 18.9 Å². The van der Waals surface area contributed by atoms with Crippen molar-refractivity contribution in [3.63, 3.8) is 0 Å². The zero-order valence-electron chi connectivity index (χ0n) is 20.3. The number of anilines is 1. The van der Waals surface area contributed by atoms with Gasteiger partial charge < -0.3 is 24.2 Å². The van der Waals surface area contributed by atoms with Crippen LogP contribution >= 0.6 is 0 Å². The second kappa shape index (κ2) is 11.0. The SMILES string of the molecule is O=C(C=Cc1ccccc1)N1CCC(C(=O)N2CC(C(=O)N3CCOCC3)Oc3ccccc32)CC1. The van der Waals surface area contributed by atoms with Crippen LogP contribution in [0.15, 0.2) is 60.7 Å². The fraction of sp³-hybridized carbons (Fsp3) is 0.393. The molecule has 8 nitrogen and oxygen atoms in total. The Morgan fingerprint density at radius 2 is 1.50 bits per heavy atom. The van der Waals surface area contributed by atoms with Crippen LogP contribution < -0.4 is 9.64 Å². The molecule has 3 aliphatic rings. The molecular weight excluding hydrogens is 458 g/mol. The fourth-order valence-corrected chi connectivity index (χ4v) is 4.96. The first kappa shape index (κ1) is 24.1. The van der Waals surface area contributed by atoms with Gasteiger partial charge in [0.2, 0.25) is 11.8 Å². The Bertz CT molecular complexity index is 1120. The molecule has 2 fully saturated rings. The van der Waals surface area contributed by atoms with Gasteiger partial charge >= 0.3 is 0 Å². The largest absolute Gasteiger partial charge is 0.476 e. The van der Waals surface area contributed by atoms with Crippen LogP contribution in [0.5, 0.6) is 5.75 Å². The van der Waals surface area contributed by atoms with E-state index in [0.29, 0.717) is 63.7 Å². The number of likely N-dealkylation sites (tertiary alicyclic amines) is 1. The molecule has 188 valence electrons. The summed E-state index contributed by atoms with van der Waals surface area (Å²) >= 11 is 0. The number of rotatable bonds is 4. The van der Waals surface area contributed by atoms with Gasteiger partial charge in [-0.05, 0) is 36.6 Å². The Morgan fingerprint density at radius 3 is 2.25 bits per heavy atom. The average Bonchev–Trinajstić information content (AvgIpc) is 2.95. The van der Waals surface area contributed by atoms with Gasteiger partial charge in [-0.25, -0.2) is 0 Å². The number of benzene rings is 2. The van der Waals surface area contributed by atoms with Crippen molar-refractivity contribution < 1.29 is 23.9 Å². The van der Waals surface area contributed by atoms with E-state index in [1.165, 1.54) is 0 Å². The third kappa shape index (κ3) is 5.28. The molecular formula is C28H31N3O5. The van der Waals surface area contributed by atoms with Crippen molar-refractivity contribution in [1.82, 2.24) is 9.80 Å². The van der Waals surface area contributed by atoms with Gasteiger partial charge in [-0.2, -0.15) is 0 Å². The second-order valence-electron chi connectivity index (χ2n) is 9.30. The van der Waals surface area contributed by atoms with Crippen LogP contribution in [0.25, 0.3) is 6.08 Å². The number of hydrogen-bond donors (Lipinski definition) is 0. The lowest BCUT2D eigenvalue weighted by molar-refractivity contribution is -0.143. The Kier molecular flexibility index (Phi) is 7.32. The zero-order valence-corrected chi connectivity index (χ0v) is 20.3. The van der Waals surface area contributed by atoms with Crippen LogP contribution in [0.3, 0.4) is 0 Å². The minimum absolute atomic E-state index is 0.0162. The summed E-state index contributed by atoms with van der Waals surface area (Å²) in [5.41, 5.74) is 1.67. The molecule has 2 saturated heterocycles. The summed E-state index contributed by atoms with van der Waals surface area (Å²) in [6.45, 7) is 3.31. The minimum atomic E-state index is -0.744. The van der Waals surface area contributed by atoms with Crippen molar-refractivity contribution in [2.24, 2.45) is 5.92 Å². The highest BCUT2D eigenvalue weighted by Crippen LogP contribution is 2.35. The Balaban J connectivity index is 1.23. The number of para-hydroxylation sites is 2. The van der Waals surface area contributed by atoms with Gasteiger partial charge in [0.1, 0.15) is 5.75 Å². The summed E-state index contributed by atoms with van der Waals surface area (Å²) in [6.07, 6.45) is 3.84. The van der Waals surface area contributed by atoms with E-state index < -0.39 is 6.10 Å². The number of morpholine rings is 1. The summed E-state index contributed by atoms with van der Waals surface area (Å²) in [5, 5.41) is 0. The molecule has 0 aromatic heterocycles. The summed E-state index contributed by atoms with van der Waals surface area (Å²) in [7, 11) is 0. The molecule has 0 N–H and O–H groups in total. The Hall–Kier alpha value is -3.65. The van der Waals surface area contributed by atoms with Gasteiger partial charge in [0.15, 0.2) is 6.10 Å². The third-order valence-electron chi connectivity index (χ3n) is 7.01. The smallest absolute Gasteiger partial charge is 0.265 e. The van der Waals surface area contributed by atoms with Gasteiger partial charge in [-0.3, -0.25) is 14.4 Å². The monoisotopic (exact) mass is 489 g/mol. The van der Waals surface area contributed by atoms with E-state index >= 15 is 0 Å². The number of amides is 3. The molecule has 3 aliphatic heterocycles. The van der Waals surface area contributed by atoms with Crippen LogP contribution in [-0.2, 0) is 19.1 Å². The predicted octanol–water partition coefficient (Wildman–Crippen LogP) is 2.59. The molecule has 1 atom stereocenters. The van der Waals surface area contributed by atoms with Crippen molar-refractivity contribution in [3.8, 4) is 5.75 Å². The van der Waals surface area contributed by atoms with Crippen LogP contribution in [0.2, 0.25) is 0 Å². The standard InChI is InChI=1S/C28H31N3O5/c32-26(11-10-21-6-2-1-3-7-21)29-14-12-22(13-15-29)27(33)31-20-25(28(34)30-16-18-35-19-17-30)36-24-9-5-4-8-23(24)31/h1-11,22,25H,12-20H2. The zero-order chi connectivity index (χ0) is 24.9. The molecule has 0 radical (unpaired) electrons. The highest BCUT2D eigenvalue weighted by molar-refractivity contribution is 5.99. The maximum Gasteiger partial charge on any atom is 0.265 e. The molecule has 1 unspecified atom stereocenters. The fourth-order valence-electron chi connectivity index (χ4n) is 4.96. The van der Waals surface area contributed by atoms with E-state index in [1.807, 2.05) is 54.6 Å². The van der Waals surface area contributed by atoms with Crippen molar-refractivity contribution in [3.05, 3.63) is 66.2 Å². The van der Waals surface area contributed by atoms with E-state index in [9.17, 15) is 14.4 Å². The first-order chi connectivity index (χ1) is 17.6. The summed E-state index contributed by atoms with van der Waals surface area (Å²) in [4.78, 5) is 44.7. The van der Waals surface area contributed by atoms with Crippen molar-refractivity contribution in [1.29, 1.82) is 0 Å². The molecule has 8 heteroatoms. The molecule has 5 rings (SSSR count). The highest BCUT2D eigenvalue weighted by Gasteiger charge is 2.39. The van der Waals surface area contributed by atoms with Gasteiger partial charge in [0, 0.05) is 38.2 Å². The van der Waals surface area contributed by atoms with E-state index in [1.54, 1.807) is 26.8 Å². The number of fused-ring (bicyclic) bond motifs is 1. The van der Waals surface area contributed by atoms with E-state index in [0.717, 1.165) is 5.56 Å². The average molecular weight is 490 g/mol. The molecule has 36 heavy (non-hydrogen) atoms. The van der Waals surface area contributed by atoms with Crippen LogP contribution in [0.4, 0.5) is 5.69 Å². The molecule has 0 bridgehead atoms. The highest BCUT2D eigenvalue weighted by atomic mass is 16.5. The van der Waals surface area contributed by atoms with Gasteiger partial charge in [-0.1, -0.05) is 42.5 Å². The van der Waals surface area contributed by atoms with Crippen LogP contribution in [-0.4, -0.2) is 79.6 Å². The predicted molar refractivity (Wildman–Crippen MR) is 135 cm³/mol. The number of ether oxygens (including phenoxy) is 2. The second-order valence-corrected chi connectivity index (χ2v) is 9.30. The molecule has 0 spiro atoms. The van der Waals surface area contributed by atoms with Gasteiger partial charge in [0.05, 0.1) is 25.4 Å². The maximum absolute atomic E-state index is 13.7. The first-order valence-corrected chi connectivity index (χ1v) is 12.6. The van der Waals surface area contributed by atoms with E-state index in [4.69, 9.17) is 9.47 Å². The van der Waals surface area contributed by atoms with E-state index in [2.05, 4.69) is 0 Å². The maximum atomic E-state index is 13.7. The van der Waals surface area contributed by atoms with E-state index in [-0.39, 0.29) is 30.2 Å². The minimum Gasteiger partial charge on any atom is -0.476 e. The summed E-state index contributed by atoms with van der Waals surface area (Å²) in [5.74, 6) is 0.158. The molecule has 3 heterocycles. The molecule has 0 saturated carbocycles. The third-order valence-corrected chi connectivity index (χ3v) is 7.01. The Morgan fingerprint density at radius 1 is 0.806 bits per heavy atom.